The Hall–Kier alpha value is -1.02. The second-order valence-electron chi connectivity index (χ2n) is 4.22. The van der Waals surface area contributed by atoms with Gasteiger partial charge in [-0.2, -0.15) is 0 Å². The Morgan fingerprint density at radius 3 is 2.80 bits per heavy atom. The number of aromatic nitrogens is 1. The minimum Gasteiger partial charge on any atom is -0.361 e. The van der Waals surface area contributed by atoms with Crippen LogP contribution in [-0.2, 0) is 6.42 Å². The summed E-state index contributed by atoms with van der Waals surface area (Å²) < 4.78 is 13.3. The topological polar surface area (TPSA) is 15.8 Å². The summed E-state index contributed by atoms with van der Waals surface area (Å²) in [5.74, 6) is 0.205. The molecular weight excluding hydrogens is 213 g/mol. The molecule has 15 heavy (non-hydrogen) atoms. The second-order valence-corrected chi connectivity index (χ2v) is 4.63. The molecule has 2 rings (SSSR count). The van der Waals surface area contributed by atoms with E-state index in [0.29, 0.717) is 5.92 Å². The maximum atomic E-state index is 13.3. The molecule has 0 aliphatic rings. The zero-order chi connectivity index (χ0) is 11.0. The Balaban J connectivity index is 2.54. The average Bonchev–Trinajstić information content (AvgIpc) is 2.49. The molecule has 0 bridgehead atoms. The number of H-pyrrole nitrogens is 1. The van der Waals surface area contributed by atoms with Crippen LogP contribution in [0.2, 0.25) is 5.02 Å². The first-order chi connectivity index (χ1) is 7.08. The highest BCUT2D eigenvalue weighted by Gasteiger charge is 2.09. The Morgan fingerprint density at radius 1 is 1.40 bits per heavy atom. The van der Waals surface area contributed by atoms with Crippen LogP contribution in [-0.4, -0.2) is 4.98 Å². The standard InChI is InChI=1S/C12H13ClFN/c1-7(2)3-8-6-15-12-5-10(13)11(14)4-9(8)12/h4-7,15H,3H2,1-2H3. The molecule has 0 amide bonds. The quantitative estimate of drug-likeness (QED) is 0.790. The van der Waals surface area contributed by atoms with Crippen LogP contribution >= 0.6 is 11.6 Å². The Morgan fingerprint density at radius 2 is 2.13 bits per heavy atom. The number of aromatic amines is 1. The first-order valence-corrected chi connectivity index (χ1v) is 5.40. The van der Waals surface area contributed by atoms with Crippen LogP contribution in [0.4, 0.5) is 4.39 Å². The van der Waals surface area contributed by atoms with E-state index >= 15 is 0 Å². The summed E-state index contributed by atoms with van der Waals surface area (Å²) in [7, 11) is 0. The summed E-state index contributed by atoms with van der Waals surface area (Å²) in [6.07, 6.45) is 2.88. The Kier molecular flexibility index (Phi) is 2.70. The van der Waals surface area contributed by atoms with Crippen molar-refractivity contribution in [1.29, 1.82) is 0 Å². The van der Waals surface area contributed by atoms with Gasteiger partial charge in [0.05, 0.1) is 5.02 Å². The molecule has 0 unspecified atom stereocenters. The largest absolute Gasteiger partial charge is 0.361 e. The number of fused-ring (bicyclic) bond motifs is 1. The molecule has 1 heterocycles. The summed E-state index contributed by atoms with van der Waals surface area (Å²) in [5.41, 5.74) is 2.05. The molecular formula is C12H13ClFN. The zero-order valence-electron chi connectivity index (χ0n) is 8.77. The maximum Gasteiger partial charge on any atom is 0.142 e. The van der Waals surface area contributed by atoms with Crippen molar-refractivity contribution in [1.82, 2.24) is 4.98 Å². The molecule has 3 heteroatoms. The molecule has 0 spiro atoms. The Bertz CT molecular complexity index is 488. The summed E-state index contributed by atoms with van der Waals surface area (Å²) in [4.78, 5) is 3.11. The highest BCUT2D eigenvalue weighted by molar-refractivity contribution is 6.31. The predicted octanol–water partition coefficient (Wildman–Crippen LogP) is 4.16. The Labute approximate surface area is 93.3 Å². The number of hydrogen-bond donors (Lipinski definition) is 1. The van der Waals surface area contributed by atoms with Crippen molar-refractivity contribution in [2.24, 2.45) is 5.92 Å². The molecule has 0 atom stereocenters. The van der Waals surface area contributed by atoms with E-state index in [1.807, 2.05) is 6.20 Å². The van der Waals surface area contributed by atoms with Crippen LogP contribution < -0.4 is 0 Å². The van der Waals surface area contributed by atoms with Crippen LogP contribution in [0.15, 0.2) is 18.3 Å². The van der Waals surface area contributed by atoms with Crippen molar-refractivity contribution < 1.29 is 4.39 Å². The van der Waals surface area contributed by atoms with Gasteiger partial charge in [-0.05, 0) is 30.0 Å². The van der Waals surface area contributed by atoms with Crippen LogP contribution in [0.25, 0.3) is 10.9 Å². The van der Waals surface area contributed by atoms with E-state index in [1.165, 1.54) is 6.07 Å². The molecule has 80 valence electrons. The maximum absolute atomic E-state index is 13.3. The highest BCUT2D eigenvalue weighted by Crippen LogP contribution is 2.26. The lowest BCUT2D eigenvalue weighted by Crippen LogP contribution is -1.92. The van der Waals surface area contributed by atoms with E-state index in [2.05, 4.69) is 18.8 Å². The van der Waals surface area contributed by atoms with E-state index in [-0.39, 0.29) is 10.8 Å². The number of nitrogens with one attached hydrogen (secondary N) is 1. The van der Waals surface area contributed by atoms with Crippen molar-refractivity contribution in [3.63, 3.8) is 0 Å². The lowest BCUT2D eigenvalue weighted by atomic mass is 10.0. The fourth-order valence-corrected chi connectivity index (χ4v) is 1.95. The predicted molar refractivity (Wildman–Crippen MR) is 61.8 cm³/mol. The van der Waals surface area contributed by atoms with Gasteiger partial charge in [-0.1, -0.05) is 25.4 Å². The van der Waals surface area contributed by atoms with E-state index in [4.69, 9.17) is 11.6 Å². The van der Waals surface area contributed by atoms with Gasteiger partial charge in [-0.3, -0.25) is 0 Å². The number of rotatable bonds is 2. The van der Waals surface area contributed by atoms with Crippen LogP contribution in [0.5, 0.6) is 0 Å². The summed E-state index contributed by atoms with van der Waals surface area (Å²) >= 11 is 5.71. The van der Waals surface area contributed by atoms with E-state index < -0.39 is 0 Å². The van der Waals surface area contributed by atoms with Gasteiger partial charge < -0.3 is 4.98 Å². The molecule has 0 aliphatic heterocycles. The van der Waals surface area contributed by atoms with Gasteiger partial charge in [0.25, 0.3) is 0 Å². The lowest BCUT2D eigenvalue weighted by Gasteiger charge is -2.03. The average molecular weight is 226 g/mol. The van der Waals surface area contributed by atoms with Crippen molar-refractivity contribution >= 4 is 22.5 Å². The highest BCUT2D eigenvalue weighted by atomic mass is 35.5. The van der Waals surface area contributed by atoms with Crippen LogP contribution in [0, 0.1) is 11.7 Å². The van der Waals surface area contributed by atoms with Crippen molar-refractivity contribution in [3.8, 4) is 0 Å². The molecule has 1 aromatic carbocycles. The van der Waals surface area contributed by atoms with Gasteiger partial charge in [0, 0.05) is 17.1 Å². The van der Waals surface area contributed by atoms with Crippen LogP contribution in [0.1, 0.15) is 19.4 Å². The SMILES string of the molecule is CC(C)Cc1c[nH]c2cc(Cl)c(F)cc12. The fraction of sp³-hybridized carbons (Fsp3) is 0.333. The van der Waals surface area contributed by atoms with Gasteiger partial charge in [0.15, 0.2) is 0 Å². The third kappa shape index (κ3) is 2.00. The molecule has 1 aromatic heterocycles. The molecule has 0 saturated carbocycles. The normalized spacial score (nSPS) is 11.5. The molecule has 1 N–H and O–H groups in total. The number of benzene rings is 1. The smallest absolute Gasteiger partial charge is 0.142 e. The summed E-state index contributed by atoms with van der Waals surface area (Å²) in [5, 5.41) is 1.10. The summed E-state index contributed by atoms with van der Waals surface area (Å²) in [6.45, 7) is 4.29. The van der Waals surface area contributed by atoms with Crippen molar-refractivity contribution in [3.05, 3.63) is 34.7 Å². The lowest BCUT2D eigenvalue weighted by molar-refractivity contribution is 0.629. The zero-order valence-corrected chi connectivity index (χ0v) is 9.53. The van der Waals surface area contributed by atoms with Gasteiger partial charge >= 0.3 is 0 Å². The first kappa shape index (κ1) is 10.5. The number of hydrogen-bond acceptors (Lipinski definition) is 0. The monoisotopic (exact) mass is 225 g/mol. The van der Waals surface area contributed by atoms with E-state index in [0.717, 1.165) is 22.9 Å². The molecule has 0 saturated heterocycles. The molecule has 0 fully saturated rings. The molecule has 1 nitrogen and oxygen atoms in total. The van der Waals surface area contributed by atoms with Crippen molar-refractivity contribution in [2.75, 3.05) is 0 Å². The third-order valence-corrected chi connectivity index (χ3v) is 2.73. The molecule has 0 aliphatic carbocycles. The number of halogens is 2. The second kappa shape index (κ2) is 3.86. The minimum absolute atomic E-state index is 0.167. The van der Waals surface area contributed by atoms with Gasteiger partial charge in [0.1, 0.15) is 5.82 Å². The van der Waals surface area contributed by atoms with Gasteiger partial charge in [0.2, 0.25) is 0 Å². The molecule has 0 radical (unpaired) electrons. The van der Waals surface area contributed by atoms with Crippen LogP contribution in [0.3, 0.4) is 0 Å². The van der Waals surface area contributed by atoms with Gasteiger partial charge in [-0.15, -0.1) is 0 Å². The van der Waals surface area contributed by atoms with Crippen molar-refractivity contribution in [2.45, 2.75) is 20.3 Å². The van der Waals surface area contributed by atoms with E-state index in [9.17, 15) is 4.39 Å². The fourth-order valence-electron chi connectivity index (χ4n) is 1.78. The summed E-state index contributed by atoms with van der Waals surface area (Å²) in [6, 6.07) is 3.14. The first-order valence-electron chi connectivity index (χ1n) is 5.03. The minimum atomic E-state index is -0.353. The molecule has 2 aromatic rings. The van der Waals surface area contributed by atoms with E-state index in [1.54, 1.807) is 6.07 Å². The van der Waals surface area contributed by atoms with Gasteiger partial charge in [-0.25, -0.2) is 4.39 Å². The third-order valence-electron chi connectivity index (χ3n) is 2.44.